The summed E-state index contributed by atoms with van der Waals surface area (Å²) in [6, 6.07) is 9.43. The zero-order valence-corrected chi connectivity index (χ0v) is 21.5. The number of carbonyl (C=O) groups excluding carboxylic acids is 1. The summed E-state index contributed by atoms with van der Waals surface area (Å²) in [7, 11) is -3.38. The molecule has 0 unspecified atom stereocenters. The van der Waals surface area contributed by atoms with Gasteiger partial charge in [0.25, 0.3) is 0 Å². The molecule has 1 heterocycles. The number of hydrogen-bond acceptors (Lipinski definition) is 4. The van der Waals surface area contributed by atoms with Gasteiger partial charge in [0.15, 0.2) is 5.96 Å². The third kappa shape index (κ3) is 11.7. The van der Waals surface area contributed by atoms with Crippen molar-refractivity contribution in [3.63, 3.8) is 0 Å². The third-order valence-electron chi connectivity index (χ3n) is 4.87. The number of hydrogen-bond donors (Lipinski definition) is 3. The van der Waals surface area contributed by atoms with Crippen molar-refractivity contribution in [2.45, 2.75) is 45.6 Å². The Hall–Kier alpha value is -1.40. The van der Waals surface area contributed by atoms with E-state index in [1.807, 2.05) is 42.2 Å². The molecule has 0 atom stereocenters. The van der Waals surface area contributed by atoms with Gasteiger partial charge < -0.3 is 15.5 Å². The zero-order valence-electron chi connectivity index (χ0n) is 18.3. The van der Waals surface area contributed by atoms with Gasteiger partial charge in [0.2, 0.25) is 15.9 Å². The fraction of sp³-hybridized carbons (Fsp3) is 0.619. The van der Waals surface area contributed by atoms with Crippen molar-refractivity contribution in [3.8, 4) is 0 Å². The SMILES string of the molecule is CCNC(=NCCCN1CCCCCC1=O)NCCS(=O)(=O)NCc1ccccc1.I. The minimum Gasteiger partial charge on any atom is -0.357 e. The molecule has 1 fully saturated rings. The molecule has 1 aliphatic rings. The monoisotopic (exact) mass is 565 g/mol. The van der Waals surface area contributed by atoms with Crippen LogP contribution in [-0.2, 0) is 21.4 Å². The fourth-order valence-corrected chi connectivity index (χ4v) is 4.14. The molecule has 1 amide bonds. The van der Waals surface area contributed by atoms with E-state index in [2.05, 4.69) is 20.3 Å². The second kappa shape index (κ2) is 15.4. The number of sulfonamides is 1. The first-order valence-corrected chi connectivity index (χ1v) is 12.5. The summed E-state index contributed by atoms with van der Waals surface area (Å²) in [6.07, 6.45) is 4.63. The Morgan fingerprint density at radius 1 is 1.13 bits per heavy atom. The van der Waals surface area contributed by atoms with E-state index in [-0.39, 0.29) is 48.7 Å². The second-order valence-electron chi connectivity index (χ2n) is 7.36. The van der Waals surface area contributed by atoms with E-state index in [0.717, 1.165) is 44.3 Å². The normalized spacial score (nSPS) is 15.2. The molecule has 0 spiro atoms. The minimum absolute atomic E-state index is 0. The Labute approximate surface area is 203 Å². The Morgan fingerprint density at radius 3 is 2.65 bits per heavy atom. The molecule has 1 aliphatic heterocycles. The van der Waals surface area contributed by atoms with Crippen LogP contribution < -0.4 is 15.4 Å². The van der Waals surface area contributed by atoms with Crippen LogP contribution in [0.2, 0.25) is 0 Å². The maximum absolute atomic E-state index is 12.2. The van der Waals surface area contributed by atoms with Crippen LogP contribution in [0.15, 0.2) is 35.3 Å². The number of carbonyl (C=O) groups is 1. The van der Waals surface area contributed by atoms with Gasteiger partial charge in [-0.05, 0) is 31.7 Å². The van der Waals surface area contributed by atoms with Crippen LogP contribution in [0, 0.1) is 0 Å². The third-order valence-corrected chi connectivity index (χ3v) is 6.20. The Bertz CT molecular complexity index is 774. The molecule has 1 saturated heterocycles. The lowest BCUT2D eigenvalue weighted by Crippen LogP contribution is -2.41. The lowest BCUT2D eigenvalue weighted by molar-refractivity contribution is -0.130. The maximum Gasteiger partial charge on any atom is 0.222 e. The molecule has 2 rings (SSSR count). The molecule has 0 bridgehead atoms. The summed E-state index contributed by atoms with van der Waals surface area (Å²) >= 11 is 0. The zero-order chi connectivity index (χ0) is 21.7. The van der Waals surface area contributed by atoms with Crippen LogP contribution in [-0.4, -0.2) is 63.7 Å². The molecular formula is C21H36IN5O3S. The van der Waals surface area contributed by atoms with Crippen molar-refractivity contribution in [2.75, 3.05) is 38.5 Å². The molecule has 1 aromatic rings. The molecule has 31 heavy (non-hydrogen) atoms. The smallest absolute Gasteiger partial charge is 0.222 e. The Balaban J connectivity index is 0.00000480. The standard InChI is InChI=1S/C21H35N5O3S.HI/c1-2-22-21(23-13-9-16-26-15-8-4-7-12-20(26)27)24-14-17-30(28,29)25-18-19-10-5-3-6-11-19;/h3,5-6,10-11,25H,2,4,7-9,12-18H2,1H3,(H2,22,23,24);1H. The van der Waals surface area contributed by atoms with Gasteiger partial charge >= 0.3 is 0 Å². The van der Waals surface area contributed by atoms with Crippen LogP contribution >= 0.6 is 24.0 Å². The summed E-state index contributed by atoms with van der Waals surface area (Å²) in [4.78, 5) is 18.5. The fourth-order valence-electron chi connectivity index (χ4n) is 3.23. The highest BCUT2D eigenvalue weighted by Crippen LogP contribution is 2.11. The van der Waals surface area contributed by atoms with Gasteiger partial charge in [-0.2, -0.15) is 0 Å². The first-order chi connectivity index (χ1) is 14.5. The van der Waals surface area contributed by atoms with Crippen LogP contribution in [0.5, 0.6) is 0 Å². The molecular weight excluding hydrogens is 529 g/mol. The highest BCUT2D eigenvalue weighted by molar-refractivity contribution is 14.0. The number of rotatable bonds is 11. The van der Waals surface area contributed by atoms with Crippen molar-refractivity contribution in [2.24, 2.45) is 4.99 Å². The predicted molar refractivity (Wildman–Crippen MR) is 136 cm³/mol. The van der Waals surface area contributed by atoms with Crippen LogP contribution in [0.1, 0.15) is 44.6 Å². The van der Waals surface area contributed by atoms with E-state index >= 15 is 0 Å². The summed E-state index contributed by atoms with van der Waals surface area (Å²) in [6.45, 7) is 5.35. The highest BCUT2D eigenvalue weighted by Gasteiger charge is 2.15. The first kappa shape index (κ1) is 27.6. The number of nitrogens with one attached hydrogen (secondary N) is 3. The molecule has 8 nitrogen and oxygen atoms in total. The molecule has 0 aromatic heterocycles. The van der Waals surface area contributed by atoms with Crippen molar-refractivity contribution >= 4 is 45.9 Å². The molecule has 176 valence electrons. The summed E-state index contributed by atoms with van der Waals surface area (Å²) < 4.78 is 27.0. The topological polar surface area (TPSA) is 103 Å². The van der Waals surface area contributed by atoms with Crippen molar-refractivity contribution in [1.29, 1.82) is 0 Å². The van der Waals surface area contributed by atoms with Crippen LogP contribution in [0.25, 0.3) is 0 Å². The Morgan fingerprint density at radius 2 is 1.90 bits per heavy atom. The van der Waals surface area contributed by atoms with E-state index in [1.54, 1.807) is 0 Å². The molecule has 1 aromatic carbocycles. The molecule has 10 heteroatoms. The maximum atomic E-state index is 12.2. The summed E-state index contributed by atoms with van der Waals surface area (Å²) in [5.41, 5.74) is 0.923. The largest absolute Gasteiger partial charge is 0.357 e. The van der Waals surface area contributed by atoms with Crippen molar-refractivity contribution < 1.29 is 13.2 Å². The predicted octanol–water partition coefficient (Wildman–Crippen LogP) is 2.07. The van der Waals surface area contributed by atoms with Gasteiger partial charge in [-0.15, -0.1) is 24.0 Å². The Kier molecular flexibility index (Phi) is 13.7. The average Bonchev–Trinajstić information content (AvgIpc) is 2.94. The van der Waals surface area contributed by atoms with Gasteiger partial charge in [0, 0.05) is 45.7 Å². The number of aliphatic imine (C=N–C) groups is 1. The lowest BCUT2D eigenvalue weighted by Gasteiger charge is -2.20. The number of nitrogens with zero attached hydrogens (tertiary/aromatic N) is 2. The first-order valence-electron chi connectivity index (χ1n) is 10.8. The van der Waals surface area contributed by atoms with Gasteiger partial charge in [0.1, 0.15) is 0 Å². The van der Waals surface area contributed by atoms with E-state index in [9.17, 15) is 13.2 Å². The summed E-state index contributed by atoms with van der Waals surface area (Å²) in [5, 5.41) is 6.20. The number of likely N-dealkylation sites (tertiary alicyclic amines) is 1. The number of amides is 1. The van der Waals surface area contributed by atoms with Crippen molar-refractivity contribution in [1.82, 2.24) is 20.3 Å². The average molecular weight is 566 g/mol. The number of halogens is 1. The van der Waals surface area contributed by atoms with Gasteiger partial charge in [-0.25, -0.2) is 13.1 Å². The lowest BCUT2D eigenvalue weighted by atomic mass is 10.2. The van der Waals surface area contributed by atoms with E-state index in [0.29, 0.717) is 25.5 Å². The molecule has 0 aliphatic carbocycles. The van der Waals surface area contributed by atoms with Gasteiger partial charge in [-0.1, -0.05) is 36.8 Å². The van der Waals surface area contributed by atoms with Crippen LogP contribution in [0.3, 0.4) is 0 Å². The minimum atomic E-state index is -3.38. The van der Waals surface area contributed by atoms with Gasteiger partial charge in [-0.3, -0.25) is 9.79 Å². The molecule has 3 N–H and O–H groups in total. The van der Waals surface area contributed by atoms with Crippen LogP contribution in [0.4, 0.5) is 0 Å². The number of guanidine groups is 1. The molecule has 0 radical (unpaired) electrons. The van der Waals surface area contributed by atoms with E-state index in [1.165, 1.54) is 0 Å². The quantitative estimate of drug-likeness (QED) is 0.165. The second-order valence-corrected chi connectivity index (χ2v) is 9.28. The number of benzene rings is 1. The van der Waals surface area contributed by atoms with Gasteiger partial charge in [0.05, 0.1) is 5.75 Å². The molecule has 0 saturated carbocycles. The summed E-state index contributed by atoms with van der Waals surface area (Å²) in [5.74, 6) is 0.805. The van der Waals surface area contributed by atoms with E-state index < -0.39 is 10.0 Å². The van der Waals surface area contributed by atoms with E-state index in [4.69, 9.17) is 0 Å². The van der Waals surface area contributed by atoms with Crippen molar-refractivity contribution in [3.05, 3.63) is 35.9 Å². The highest BCUT2D eigenvalue weighted by atomic mass is 127.